The third-order valence-electron chi connectivity index (χ3n) is 3.13. The number of benzene rings is 1. The number of phenols is 2. The molecule has 0 saturated heterocycles. The number of carboxylic acid groups (broad SMARTS) is 1. The Morgan fingerprint density at radius 1 is 1.10 bits per heavy atom. The summed E-state index contributed by atoms with van der Waals surface area (Å²) in [7, 11) is 0. The van der Waals surface area contributed by atoms with Crippen LogP contribution in [-0.4, -0.2) is 21.5 Å². The highest BCUT2D eigenvalue weighted by molar-refractivity contribution is 5.65. The van der Waals surface area contributed by atoms with Crippen LogP contribution in [0.3, 0.4) is 0 Å². The first-order valence-electron chi connectivity index (χ1n) is 7.00. The van der Waals surface area contributed by atoms with E-state index in [1.54, 1.807) is 0 Å². The van der Waals surface area contributed by atoms with Crippen molar-refractivity contribution >= 4 is 6.16 Å². The van der Waals surface area contributed by atoms with Crippen molar-refractivity contribution in [2.45, 2.75) is 51.9 Å². The number of phenolic OH excluding ortho intramolecular Hbond substituents is 2. The normalized spacial score (nSPS) is 10.4. The number of carbonyl (C=O) groups is 1. The van der Waals surface area contributed by atoms with E-state index in [-0.39, 0.29) is 11.5 Å². The summed E-state index contributed by atoms with van der Waals surface area (Å²) in [5.41, 5.74) is 0.757. The molecule has 5 heteroatoms. The second kappa shape index (κ2) is 8.30. The lowest BCUT2D eigenvalue weighted by molar-refractivity contribution is 0.142. The highest BCUT2D eigenvalue weighted by Crippen LogP contribution is 2.37. The summed E-state index contributed by atoms with van der Waals surface area (Å²) in [6.45, 7) is 2.17. The van der Waals surface area contributed by atoms with Gasteiger partial charge >= 0.3 is 6.16 Å². The minimum Gasteiger partial charge on any atom is -0.504 e. The third kappa shape index (κ3) is 5.38. The summed E-state index contributed by atoms with van der Waals surface area (Å²) in [6, 6.07) is 2.89. The first-order valence-corrected chi connectivity index (χ1v) is 7.00. The van der Waals surface area contributed by atoms with Crippen molar-refractivity contribution in [2.75, 3.05) is 0 Å². The molecule has 1 rings (SSSR count). The van der Waals surface area contributed by atoms with Gasteiger partial charge in [-0.05, 0) is 30.5 Å². The molecule has 0 atom stereocenters. The highest BCUT2D eigenvalue weighted by atomic mass is 16.7. The maximum Gasteiger partial charge on any atom is 0.511 e. The molecule has 0 aliphatic rings. The fourth-order valence-corrected chi connectivity index (χ4v) is 2.07. The highest BCUT2D eigenvalue weighted by Gasteiger charge is 2.13. The maximum absolute atomic E-state index is 10.5. The average Bonchev–Trinajstić information content (AvgIpc) is 2.39. The summed E-state index contributed by atoms with van der Waals surface area (Å²) >= 11 is 0. The SMILES string of the molecule is CCCCCCCCc1cc(O)c(O)c(OC(=O)O)c1. The van der Waals surface area contributed by atoms with Crippen molar-refractivity contribution in [3.63, 3.8) is 0 Å². The Bertz CT molecular complexity index is 442. The summed E-state index contributed by atoms with van der Waals surface area (Å²) in [6.07, 6.45) is 6.11. The zero-order valence-corrected chi connectivity index (χ0v) is 11.8. The van der Waals surface area contributed by atoms with Gasteiger partial charge in [0.25, 0.3) is 0 Å². The molecular weight excluding hydrogens is 260 g/mol. The number of hydrogen-bond acceptors (Lipinski definition) is 4. The van der Waals surface area contributed by atoms with E-state index in [0.29, 0.717) is 0 Å². The Hall–Kier alpha value is -1.91. The number of ether oxygens (including phenoxy) is 1. The molecular formula is C15H22O5. The molecule has 20 heavy (non-hydrogen) atoms. The molecule has 3 N–H and O–H groups in total. The van der Waals surface area contributed by atoms with Crippen LogP contribution < -0.4 is 4.74 Å². The molecule has 112 valence electrons. The summed E-state index contributed by atoms with van der Waals surface area (Å²) in [5, 5.41) is 27.6. The number of rotatable bonds is 8. The van der Waals surface area contributed by atoms with Crippen molar-refractivity contribution in [3.8, 4) is 17.2 Å². The van der Waals surface area contributed by atoms with Crippen LogP contribution in [-0.2, 0) is 6.42 Å². The maximum atomic E-state index is 10.5. The van der Waals surface area contributed by atoms with Gasteiger partial charge in [-0.25, -0.2) is 4.79 Å². The first-order chi connectivity index (χ1) is 9.54. The lowest BCUT2D eigenvalue weighted by Crippen LogP contribution is -2.03. The molecule has 5 nitrogen and oxygen atoms in total. The number of unbranched alkanes of at least 4 members (excludes halogenated alkanes) is 5. The fraction of sp³-hybridized carbons (Fsp3) is 0.533. The van der Waals surface area contributed by atoms with Crippen LogP contribution in [0.25, 0.3) is 0 Å². The van der Waals surface area contributed by atoms with Crippen molar-refractivity contribution < 1.29 is 24.9 Å². The smallest absolute Gasteiger partial charge is 0.504 e. The standard InChI is InChI=1S/C15H22O5/c1-2-3-4-5-6-7-8-11-9-12(16)14(17)13(10-11)20-15(18)19/h9-10,16-17H,2-8H2,1H3,(H,18,19). The van der Waals surface area contributed by atoms with E-state index in [4.69, 9.17) is 5.11 Å². The van der Waals surface area contributed by atoms with Gasteiger partial charge in [-0.3, -0.25) is 0 Å². The topological polar surface area (TPSA) is 87.0 Å². The van der Waals surface area contributed by atoms with Crippen LogP contribution in [0.1, 0.15) is 51.0 Å². The Balaban J connectivity index is 2.53. The largest absolute Gasteiger partial charge is 0.511 e. The molecule has 0 aliphatic heterocycles. The third-order valence-corrected chi connectivity index (χ3v) is 3.13. The van der Waals surface area contributed by atoms with Crippen molar-refractivity contribution in [1.29, 1.82) is 0 Å². The Labute approximate surface area is 118 Å². The first kappa shape index (κ1) is 16.1. The van der Waals surface area contributed by atoms with Gasteiger partial charge in [0.15, 0.2) is 11.5 Å². The van der Waals surface area contributed by atoms with Gasteiger partial charge in [-0.2, -0.15) is 0 Å². The number of aromatic hydroxyl groups is 2. The second-order valence-electron chi connectivity index (χ2n) is 4.85. The van der Waals surface area contributed by atoms with Crippen LogP contribution >= 0.6 is 0 Å². The van der Waals surface area contributed by atoms with Gasteiger partial charge in [-0.1, -0.05) is 39.0 Å². The predicted molar refractivity (Wildman–Crippen MR) is 75.5 cm³/mol. The molecule has 0 unspecified atom stereocenters. The van der Waals surface area contributed by atoms with Crippen molar-refractivity contribution in [2.24, 2.45) is 0 Å². The Morgan fingerprint density at radius 3 is 2.40 bits per heavy atom. The van der Waals surface area contributed by atoms with Gasteiger partial charge in [0.1, 0.15) is 0 Å². The summed E-state index contributed by atoms with van der Waals surface area (Å²) < 4.78 is 4.43. The zero-order valence-electron chi connectivity index (χ0n) is 11.8. The lowest BCUT2D eigenvalue weighted by atomic mass is 10.0. The van der Waals surface area contributed by atoms with Crippen LogP contribution in [0.4, 0.5) is 4.79 Å². The molecule has 1 aromatic rings. The zero-order chi connectivity index (χ0) is 15.0. The van der Waals surface area contributed by atoms with Crippen LogP contribution in [0, 0.1) is 0 Å². The monoisotopic (exact) mass is 282 g/mol. The minimum atomic E-state index is -1.52. The molecule has 0 bridgehead atoms. The predicted octanol–water partition coefficient (Wildman–Crippen LogP) is 4.06. The number of aryl methyl sites for hydroxylation is 1. The Morgan fingerprint density at radius 2 is 1.75 bits per heavy atom. The van der Waals surface area contributed by atoms with Crippen molar-refractivity contribution in [1.82, 2.24) is 0 Å². The quantitative estimate of drug-likeness (QED) is 0.290. The molecule has 0 aliphatic carbocycles. The minimum absolute atomic E-state index is 0.224. The lowest BCUT2D eigenvalue weighted by Gasteiger charge is -2.08. The van der Waals surface area contributed by atoms with E-state index in [9.17, 15) is 15.0 Å². The summed E-state index contributed by atoms with van der Waals surface area (Å²) in [4.78, 5) is 10.5. The van der Waals surface area contributed by atoms with E-state index in [1.807, 2.05) is 0 Å². The van der Waals surface area contributed by atoms with Gasteiger partial charge in [0.05, 0.1) is 0 Å². The van der Waals surface area contributed by atoms with E-state index in [1.165, 1.54) is 37.8 Å². The van der Waals surface area contributed by atoms with Gasteiger partial charge in [-0.15, -0.1) is 0 Å². The van der Waals surface area contributed by atoms with E-state index < -0.39 is 11.9 Å². The molecule has 0 amide bonds. The molecule has 0 aromatic heterocycles. The van der Waals surface area contributed by atoms with Gasteiger partial charge < -0.3 is 20.1 Å². The van der Waals surface area contributed by atoms with Crippen LogP contribution in [0.15, 0.2) is 12.1 Å². The van der Waals surface area contributed by atoms with Gasteiger partial charge in [0.2, 0.25) is 5.75 Å². The molecule has 0 radical (unpaired) electrons. The van der Waals surface area contributed by atoms with Gasteiger partial charge in [0, 0.05) is 0 Å². The average molecular weight is 282 g/mol. The molecule has 0 spiro atoms. The Kier molecular flexibility index (Phi) is 6.70. The van der Waals surface area contributed by atoms with Crippen LogP contribution in [0.2, 0.25) is 0 Å². The van der Waals surface area contributed by atoms with E-state index >= 15 is 0 Å². The number of hydrogen-bond donors (Lipinski definition) is 3. The molecule has 0 fully saturated rings. The van der Waals surface area contributed by atoms with E-state index in [2.05, 4.69) is 11.7 Å². The van der Waals surface area contributed by atoms with Crippen molar-refractivity contribution in [3.05, 3.63) is 17.7 Å². The summed E-state index contributed by atoms with van der Waals surface area (Å²) in [5.74, 6) is -1.12. The molecule has 0 saturated carbocycles. The molecule has 1 aromatic carbocycles. The second-order valence-corrected chi connectivity index (χ2v) is 4.85. The fourth-order valence-electron chi connectivity index (χ4n) is 2.07. The van der Waals surface area contributed by atoms with Crippen LogP contribution in [0.5, 0.6) is 17.2 Å². The molecule has 0 heterocycles. The van der Waals surface area contributed by atoms with E-state index in [0.717, 1.165) is 24.8 Å².